The van der Waals surface area contributed by atoms with Crippen molar-refractivity contribution in [1.82, 2.24) is 10.4 Å². The van der Waals surface area contributed by atoms with Gasteiger partial charge in [0, 0.05) is 58.7 Å². The van der Waals surface area contributed by atoms with Gasteiger partial charge in [-0.1, -0.05) is 49.4 Å². The summed E-state index contributed by atoms with van der Waals surface area (Å²) in [4.78, 5) is 31.9. The van der Waals surface area contributed by atoms with Gasteiger partial charge in [0.05, 0.1) is 6.04 Å². The Morgan fingerprint density at radius 1 is 1.12 bits per heavy atom. The topological polar surface area (TPSA) is 61.9 Å². The fraction of sp³-hybridized carbons (Fsp3) is 0.462. The number of hydrogen-bond acceptors (Lipinski definition) is 6. The smallest absolute Gasteiger partial charge is 0.324 e. The van der Waals surface area contributed by atoms with Crippen LogP contribution in [0.15, 0.2) is 48.5 Å². The third-order valence-corrected chi connectivity index (χ3v) is 5.84. The van der Waals surface area contributed by atoms with E-state index < -0.39 is 0 Å². The fourth-order valence-corrected chi connectivity index (χ4v) is 4.08. The number of para-hydroxylation sites is 1. The number of carbonyl (C=O) groups excluding carboxylic acids is 2. The molecule has 1 aliphatic rings. The number of hydroxylamine groups is 2. The van der Waals surface area contributed by atoms with Crippen LogP contribution >= 0.6 is 0 Å². The molecule has 3 rings (SSSR count). The highest BCUT2D eigenvalue weighted by Gasteiger charge is 2.26. The van der Waals surface area contributed by atoms with Crippen molar-refractivity contribution in [3.05, 3.63) is 65.2 Å². The third-order valence-electron chi connectivity index (χ3n) is 5.84. The van der Waals surface area contributed by atoms with Gasteiger partial charge in [0.15, 0.2) is 0 Å². The summed E-state index contributed by atoms with van der Waals surface area (Å²) < 4.78 is 0. The number of rotatable bonds is 10. The Bertz CT molecular complexity index is 895. The number of nitrogens with one attached hydrogen (secondary N) is 1. The number of Topliss-reactive ketones (excluding diaryl/α,β-unsaturated/α-hetero) is 1. The molecule has 1 N–H and O–H groups in total. The molecule has 2 aromatic rings. The molecule has 6 heteroatoms. The summed E-state index contributed by atoms with van der Waals surface area (Å²) in [6.45, 7) is 3.97. The Hall–Kier alpha value is -2.70. The van der Waals surface area contributed by atoms with E-state index in [1.807, 2.05) is 44.4 Å². The van der Waals surface area contributed by atoms with E-state index in [1.165, 1.54) is 11.3 Å². The Morgan fingerprint density at radius 2 is 1.88 bits per heavy atom. The zero-order valence-corrected chi connectivity index (χ0v) is 19.5. The maximum atomic E-state index is 12.5. The first kappa shape index (κ1) is 24.0. The molecule has 1 heterocycles. The minimum atomic E-state index is -0.215. The summed E-state index contributed by atoms with van der Waals surface area (Å²) in [7, 11) is 4.09. The second-order valence-corrected chi connectivity index (χ2v) is 8.51. The highest BCUT2D eigenvalue weighted by molar-refractivity contribution is 5.80. The summed E-state index contributed by atoms with van der Waals surface area (Å²) in [5.74, 6) is 0.0465. The molecule has 0 saturated carbocycles. The van der Waals surface area contributed by atoms with Gasteiger partial charge >= 0.3 is 5.97 Å². The van der Waals surface area contributed by atoms with Gasteiger partial charge in [-0.15, -0.1) is 5.06 Å². The van der Waals surface area contributed by atoms with Crippen LogP contribution in [0.4, 0.5) is 5.69 Å². The standard InChI is InChI=1S/C26H35N3O3/c1-4-26(31)32-29-17-16-27-19-25(29)22-14-12-20(13-15-22)18-23(30)10-7-9-21-8-5-6-11-24(21)28(2)3/h5-6,8,11-15,25,27H,4,7,9-10,16-19H2,1-3H3. The molecular weight excluding hydrogens is 402 g/mol. The van der Waals surface area contributed by atoms with Crippen LogP contribution in [0.2, 0.25) is 0 Å². The number of carbonyl (C=O) groups is 2. The minimum Gasteiger partial charge on any atom is -0.377 e. The molecule has 0 spiro atoms. The molecule has 0 aromatic heterocycles. The van der Waals surface area contributed by atoms with E-state index in [0.29, 0.717) is 25.8 Å². The second kappa shape index (κ2) is 11.8. The van der Waals surface area contributed by atoms with E-state index in [4.69, 9.17) is 4.84 Å². The van der Waals surface area contributed by atoms with Crippen molar-refractivity contribution in [2.45, 2.75) is 45.1 Å². The highest BCUT2D eigenvalue weighted by atomic mass is 16.7. The van der Waals surface area contributed by atoms with Gasteiger partial charge in [-0.3, -0.25) is 9.59 Å². The van der Waals surface area contributed by atoms with Crippen LogP contribution in [-0.4, -0.2) is 50.5 Å². The SMILES string of the molecule is CCC(=O)ON1CCNCC1c1ccc(CC(=O)CCCc2ccccc2N(C)C)cc1. The van der Waals surface area contributed by atoms with Gasteiger partial charge in [0.1, 0.15) is 5.78 Å². The molecular formula is C26H35N3O3. The molecule has 1 saturated heterocycles. The molecule has 0 radical (unpaired) electrons. The second-order valence-electron chi connectivity index (χ2n) is 8.51. The first-order valence-corrected chi connectivity index (χ1v) is 11.5. The van der Waals surface area contributed by atoms with Crippen molar-refractivity contribution in [2.24, 2.45) is 0 Å². The van der Waals surface area contributed by atoms with Crippen molar-refractivity contribution in [1.29, 1.82) is 0 Å². The normalized spacial score (nSPS) is 16.5. The first-order chi connectivity index (χ1) is 15.5. The zero-order chi connectivity index (χ0) is 22.9. The van der Waals surface area contributed by atoms with Crippen molar-refractivity contribution < 1.29 is 14.4 Å². The van der Waals surface area contributed by atoms with Crippen LogP contribution in [0.25, 0.3) is 0 Å². The maximum absolute atomic E-state index is 12.5. The number of anilines is 1. The molecule has 172 valence electrons. The lowest BCUT2D eigenvalue weighted by Gasteiger charge is -2.34. The summed E-state index contributed by atoms with van der Waals surface area (Å²) >= 11 is 0. The molecule has 2 aromatic carbocycles. The number of ketones is 1. The van der Waals surface area contributed by atoms with E-state index in [9.17, 15) is 9.59 Å². The minimum absolute atomic E-state index is 0.0132. The van der Waals surface area contributed by atoms with Crippen LogP contribution in [0.1, 0.15) is 48.9 Å². The largest absolute Gasteiger partial charge is 0.377 e. The van der Waals surface area contributed by atoms with Crippen LogP contribution in [0.3, 0.4) is 0 Å². The molecule has 1 aliphatic heterocycles. The lowest BCUT2D eigenvalue weighted by atomic mass is 9.99. The van der Waals surface area contributed by atoms with Gasteiger partial charge in [-0.05, 0) is 35.6 Å². The monoisotopic (exact) mass is 437 g/mol. The highest BCUT2D eigenvalue weighted by Crippen LogP contribution is 2.24. The lowest BCUT2D eigenvalue weighted by Crippen LogP contribution is -2.46. The number of benzene rings is 2. The first-order valence-electron chi connectivity index (χ1n) is 11.5. The number of hydrogen-bond donors (Lipinski definition) is 1. The van der Waals surface area contributed by atoms with Crippen molar-refractivity contribution in [2.75, 3.05) is 38.6 Å². The van der Waals surface area contributed by atoms with Gasteiger partial charge in [0.25, 0.3) is 0 Å². The molecule has 6 nitrogen and oxygen atoms in total. The number of aryl methyl sites for hydroxylation is 1. The van der Waals surface area contributed by atoms with Crippen LogP contribution in [0, 0.1) is 0 Å². The quantitative estimate of drug-likeness (QED) is 0.612. The van der Waals surface area contributed by atoms with Crippen LogP contribution in [0.5, 0.6) is 0 Å². The van der Waals surface area contributed by atoms with E-state index in [-0.39, 0.29) is 17.8 Å². The summed E-state index contributed by atoms with van der Waals surface area (Å²) in [5.41, 5.74) is 4.60. The van der Waals surface area contributed by atoms with E-state index in [2.05, 4.69) is 28.4 Å². The van der Waals surface area contributed by atoms with Gasteiger partial charge < -0.3 is 15.1 Å². The molecule has 0 amide bonds. The molecule has 0 bridgehead atoms. The fourth-order valence-electron chi connectivity index (χ4n) is 4.08. The molecule has 0 aliphatic carbocycles. The van der Waals surface area contributed by atoms with Gasteiger partial charge in [-0.2, -0.15) is 0 Å². The molecule has 1 unspecified atom stereocenters. The molecule has 32 heavy (non-hydrogen) atoms. The summed E-state index contributed by atoms with van der Waals surface area (Å²) in [5, 5.41) is 5.13. The van der Waals surface area contributed by atoms with E-state index in [1.54, 1.807) is 12.0 Å². The molecule has 1 fully saturated rings. The Morgan fingerprint density at radius 3 is 2.59 bits per heavy atom. The predicted octanol–water partition coefficient (Wildman–Crippen LogP) is 3.70. The van der Waals surface area contributed by atoms with Crippen LogP contribution in [-0.2, 0) is 27.3 Å². The van der Waals surface area contributed by atoms with Crippen molar-refractivity contribution in [3.63, 3.8) is 0 Å². The third kappa shape index (κ3) is 6.65. The van der Waals surface area contributed by atoms with Gasteiger partial charge in [0.2, 0.25) is 0 Å². The average molecular weight is 438 g/mol. The average Bonchev–Trinajstić information content (AvgIpc) is 2.80. The lowest BCUT2D eigenvalue weighted by molar-refractivity contribution is -0.206. The Labute approximate surface area is 191 Å². The number of piperazine rings is 1. The predicted molar refractivity (Wildman–Crippen MR) is 128 cm³/mol. The summed E-state index contributed by atoms with van der Waals surface area (Å²) in [6, 6.07) is 16.5. The Kier molecular flexibility index (Phi) is 8.82. The Balaban J connectivity index is 1.51. The zero-order valence-electron chi connectivity index (χ0n) is 19.5. The molecule has 1 atom stereocenters. The van der Waals surface area contributed by atoms with Crippen LogP contribution < -0.4 is 10.2 Å². The van der Waals surface area contributed by atoms with E-state index >= 15 is 0 Å². The van der Waals surface area contributed by atoms with Crippen molar-refractivity contribution in [3.8, 4) is 0 Å². The van der Waals surface area contributed by atoms with Crippen molar-refractivity contribution >= 4 is 17.4 Å². The maximum Gasteiger partial charge on any atom is 0.324 e. The van der Waals surface area contributed by atoms with Gasteiger partial charge in [-0.25, -0.2) is 0 Å². The summed E-state index contributed by atoms with van der Waals surface area (Å²) in [6.07, 6.45) is 3.15. The van der Waals surface area contributed by atoms with E-state index in [0.717, 1.165) is 37.1 Å². The number of nitrogens with zero attached hydrogens (tertiary/aromatic N) is 2.